The number of benzene rings is 1. The molecule has 0 aliphatic heterocycles. The highest BCUT2D eigenvalue weighted by molar-refractivity contribution is 5.77. The van der Waals surface area contributed by atoms with Gasteiger partial charge in [-0.1, -0.05) is 12.1 Å². The lowest BCUT2D eigenvalue weighted by molar-refractivity contribution is -0.137. The topological polar surface area (TPSA) is 72.2 Å². The number of hydrogen-bond donors (Lipinski definition) is 1. The zero-order chi connectivity index (χ0) is 15.4. The maximum atomic E-state index is 12.6. The van der Waals surface area contributed by atoms with Crippen LogP contribution in [0.3, 0.4) is 0 Å². The van der Waals surface area contributed by atoms with E-state index in [2.05, 4.69) is 4.98 Å². The van der Waals surface area contributed by atoms with Gasteiger partial charge in [-0.15, -0.1) is 0 Å². The summed E-state index contributed by atoms with van der Waals surface area (Å²) in [5.74, 6) is -0.779. The lowest BCUT2D eigenvalue weighted by Crippen LogP contribution is -2.28. The van der Waals surface area contributed by atoms with E-state index < -0.39 is 24.5 Å². The summed E-state index contributed by atoms with van der Waals surface area (Å²) in [5, 5.41) is 8.90. The molecule has 21 heavy (non-hydrogen) atoms. The summed E-state index contributed by atoms with van der Waals surface area (Å²) in [4.78, 5) is 27.0. The van der Waals surface area contributed by atoms with Crippen LogP contribution in [0.25, 0.3) is 10.9 Å². The van der Waals surface area contributed by atoms with Gasteiger partial charge in [0.25, 0.3) is 12.0 Å². The average Bonchev–Trinajstić information content (AvgIpc) is 2.42. The van der Waals surface area contributed by atoms with Crippen molar-refractivity contribution in [3.05, 3.63) is 40.4 Å². The van der Waals surface area contributed by atoms with Gasteiger partial charge in [-0.05, 0) is 18.6 Å². The molecule has 0 spiro atoms. The highest BCUT2D eigenvalue weighted by Crippen LogP contribution is 2.11. The number of hydrogen-bond acceptors (Lipinski definition) is 3. The van der Waals surface area contributed by atoms with Gasteiger partial charge in [-0.25, -0.2) is 13.8 Å². The summed E-state index contributed by atoms with van der Waals surface area (Å²) in [5.41, 5.74) is -0.0930. The van der Waals surface area contributed by atoms with E-state index in [1.807, 2.05) is 0 Å². The molecule has 0 unspecified atom stereocenters. The first kappa shape index (κ1) is 15.1. The Bertz CT molecular complexity index is 713. The molecule has 1 aromatic carbocycles. The normalized spacial score (nSPS) is 11.2. The van der Waals surface area contributed by atoms with Gasteiger partial charge in [0, 0.05) is 12.8 Å². The smallest absolute Gasteiger partial charge is 0.303 e. The van der Waals surface area contributed by atoms with Gasteiger partial charge in [0.2, 0.25) is 0 Å². The van der Waals surface area contributed by atoms with E-state index in [0.717, 1.165) is 4.57 Å². The van der Waals surface area contributed by atoms with Crippen LogP contribution >= 0.6 is 0 Å². The summed E-state index contributed by atoms with van der Waals surface area (Å²) in [6.45, 7) is -0.737. The molecule has 1 aromatic heterocycles. The maximum Gasteiger partial charge on any atom is 0.303 e. The van der Waals surface area contributed by atoms with Crippen molar-refractivity contribution in [1.82, 2.24) is 9.55 Å². The van der Waals surface area contributed by atoms with E-state index in [0.29, 0.717) is 5.52 Å². The lowest BCUT2D eigenvalue weighted by Gasteiger charge is -2.12. The van der Waals surface area contributed by atoms with Gasteiger partial charge >= 0.3 is 5.97 Å². The minimum absolute atomic E-state index is 0.0998. The lowest BCUT2D eigenvalue weighted by atomic mass is 10.2. The highest BCUT2D eigenvalue weighted by atomic mass is 19.3. The Kier molecular flexibility index (Phi) is 4.62. The monoisotopic (exact) mass is 296 g/mol. The van der Waals surface area contributed by atoms with Gasteiger partial charge in [-0.3, -0.25) is 14.2 Å². The predicted octanol–water partition coefficient (Wildman–Crippen LogP) is 2.07. The van der Waals surface area contributed by atoms with Crippen molar-refractivity contribution in [2.45, 2.75) is 32.2 Å². The standard InChI is InChI=1S/C14H14F2N2O3/c15-11(16)8-18-12(6-3-7-13(19)20)17-10-5-2-1-4-9(10)14(18)21/h1-2,4-5,11H,3,6-8H2,(H,19,20). The number of halogens is 2. The van der Waals surface area contributed by atoms with Crippen molar-refractivity contribution >= 4 is 16.9 Å². The van der Waals surface area contributed by atoms with Crippen molar-refractivity contribution in [3.8, 4) is 0 Å². The van der Waals surface area contributed by atoms with Gasteiger partial charge in [0.1, 0.15) is 5.82 Å². The molecule has 1 heterocycles. The number of carbonyl (C=O) groups is 1. The number of nitrogens with zero attached hydrogens (tertiary/aromatic N) is 2. The Balaban J connectivity index is 2.44. The number of para-hydroxylation sites is 1. The first-order valence-corrected chi connectivity index (χ1v) is 6.47. The number of aromatic nitrogens is 2. The summed E-state index contributed by atoms with van der Waals surface area (Å²) >= 11 is 0. The molecule has 112 valence electrons. The Labute approximate surface area is 118 Å². The molecule has 0 amide bonds. The van der Waals surface area contributed by atoms with E-state index in [9.17, 15) is 18.4 Å². The maximum absolute atomic E-state index is 12.6. The molecule has 2 aromatic rings. The largest absolute Gasteiger partial charge is 0.481 e. The molecule has 0 saturated carbocycles. The highest BCUT2D eigenvalue weighted by Gasteiger charge is 2.14. The first-order chi connectivity index (χ1) is 9.99. The zero-order valence-corrected chi connectivity index (χ0v) is 11.1. The fourth-order valence-corrected chi connectivity index (χ4v) is 2.13. The van der Waals surface area contributed by atoms with Crippen molar-refractivity contribution in [1.29, 1.82) is 0 Å². The third-order valence-electron chi connectivity index (χ3n) is 3.05. The number of carboxylic acids is 1. The molecule has 0 bridgehead atoms. The van der Waals surface area contributed by atoms with Crippen LogP contribution in [0.1, 0.15) is 18.7 Å². The second-order valence-corrected chi connectivity index (χ2v) is 4.60. The van der Waals surface area contributed by atoms with E-state index in [-0.39, 0.29) is 30.5 Å². The number of rotatable bonds is 6. The van der Waals surface area contributed by atoms with Crippen LogP contribution in [0, 0.1) is 0 Å². The number of aryl methyl sites for hydroxylation is 1. The molecular weight excluding hydrogens is 282 g/mol. The zero-order valence-electron chi connectivity index (χ0n) is 11.1. The summed E-state index contributed by atoms with van der Waals surface area (Å²) in [6.07, 6.45) is -2.37. The minimum atomic E-state index is -2.68. The van der Waals surface area contributed by atoms with Gasteiger partial charge in [0.05, 0.1) is 17.4 Å². The molecular formula is C14H14F2N2O3. The Morgan fingerprint density at radius 1 is 1.33 bits per heavy atom. The first-order valence-electron chi connectivity index (χ1n) is 6.47. The van der Waals surface area contributed by atoms with Gasteiger partial charge in [0.15, 0.2) is 0 Å². The molecule has 1 N–H and O–H groups in total. The van der Waals surface area contributed by atoms with Crippen molar-refractivity contribution < 1.29 is 18.7 Å². The van der Waals surface area contributed by atoms with Gasteiger partial charge in [-0.2, -0.15) is 0 Å². The van der Waals surface area contributed by atoms with E-state index in [1.165, 1.54) is 6.07 Å². The fourth-order valence-electron chi connectivity index (χ4n) is 2.13. The second-order valence-electron chi connectivity index (χ2n) is 4.60. The Hall–Kier alpha value is -2.31. The SMILES string of the molecule is O=C(O)CCCc1nc2ccccc2c(=O)n1CC(F)F. The van der Waals surface area contributed by atoms with Crippen LogP contribution in [0.15, 0.2) is 29.1 Å². The molecule has 0 fully saturated rings. The quantitative estimate of drug-likeness (QED) is 0.885. The summed E-state index contributed by atoms with van der Waals surface area (Å²) in [6, 6.07) is 6.51. The third-order valence-corrected chi connectivity index (χ3v) is 3.05. The number of carboxylic acid groups (broad SMARTS) is 1. The van der Waals surface area contributed by atoms with Crippen LogP contribution in [0.5, 0.6) is 0 Å². The number of aliphatic carboxylic acids is 1. The number of alkyl halides is 2. The number of fused-ring (bicyclic) bond motifs is 1. The summed E-state index contributed by atoms with van der Waals surface area (Å²) in [7, 11) is 0. The van der Waals surface area contributed by atoms with E-state index in [4.69, 9.17) is 5.11 Å². The molecule has 0 radical (unpaired) electrons. The van der Waals surface area contributed by atoms with E-state index in [1.54, 1.807) is 18.2 Å². The fraction of sp³-hybridized carbons (Fsp3) is 0.357. The van der Waals surface area contributed by atoms with Crippen LogP contribution in [0.2, 0.25) is 0 Å². The molecule has 7 heteroatoms. The second kappa shape index (κ2) is 6.43. The third kappa shape index (κ3) is 3.62. The van der Waals surface area contributed by atoms with Crippen molar-refractivity contribution in [3.63, 3.8) is 0 Å². The molecule has 0 aliphatic rings. The molecule has 0 atom stereocenters. The van der Waals surface area contributed by atoms with Crippen LogP contribution in [-0.4, -0.2) is 27.1 Å². The Morgan fingerprint density at radius 2 is 2.05 bits per heavy atom. The minimum Gasteiger partial charge on any atom is -0.481 e. The van der Waals surface area contributed by atoms with Crippen molar-refractivity contribution in [2.75, 3.05) is 0 Å². The van der Waals surface area contributed by atoms with Gasteiger partial charge < -0.3 is 5.11 Å². The Morgan fingerprint density at radius 3 is 2.71 bits per heavy atom. The van der Waals surface area contributed by atoms with E-state index >= 15 is 0 Å². The molecule has 0 saturated heterocycles. The summed E-state index contributed by atoms with van der Waals surface area (Å²) < 4.78 is 26.2. The molecule has 0 aliphatic carbocycles. The van der Waals surface area contributed by atoms with Crippen molar-refractivity contribution in [2.24, 2.45) is 0 Å². The van der Waals surface area contributed by atoms with Crippen LogP contribution in [-0.2, 0) is 17.8 Å². The molecule has 5 nitrogen and oxygen atoms in total. The predicted molar refractivity (Wildman–Crippen MR) is 72.6 cm³/mol. The van der Waals surface area contributed by atoms with Crippen LogP contribution < -0.4 is 5.56 Å². The molecule has 2 rings (SSSR count). The average molecular weight is 296 g/mol. The van der Waals surface area contributed by atoms with Crippen LogP contribution in [0.4, 0.5) is 8.78 Å².